The number of carboxylic acid groups (broad SMARTS) is 1. The number of alkyl carbamates (subject to hydrolysis) is 1. The highest BCUT2D eigenvalue weighted by atomic mass is 16.5. The Balaban J connectivity index is 1.46. The average molecular weight is 521 g/mol. The van der Waals surface area contributed by atoms with Gasteiger partial charge in [-0.25, -0.2) is 9.59 Å². The van der Waals surface area contributed by atoms with Crippen LogP contribution >= 0.6 is 0 Å². The minimum absolute atomic E-state index is 0.118. The van der Waals surface area contributed by atoms with E-state index in [1.54, 1.807) is 48.5 Å². The van der Waals surface area contributed by atoms with Crippen LogP contribution < -0.4 is 15.4 Å². The fourth-order valence-corrected chi connectivity index (χ4v) is 3.48. The summed E-state index contributed by atoms with van der Waals surface area (Å²) in [5, 5.41) is 14.9. The number of ether oxygens (including phenoxy) is 3. The third-order valence-corrected chi connectivity index (χ3v) is 5.53. The normalized spacial score (nSPS) is 11.3. The number of nitrogens with one attached hydrogen (secondary N) is 2. The van der Waals surface area contributed by atoms with E-state index in [1.807, 2.05) is 37.3 Å². The number of carbonyl (C=O) groups excluding carboxylic acids is 2. The zero-order chi connectivity index (χ0) is 27.2. The number of aliphatic carboxylic acids is 1. The first-order valence-corrected chi connectivity index (χ1v) is 12.3. The molecule has 1 atom stereocenters. The minimum atomic E-state index is -1.13. The molecule has 0 radical (unpaired) electrons. The highest BCUT2D eigenvalue weighted by molar-refractivity contribution is 5.96. The molecule has 3 rings (SSSR count). The van der Waals surface area contributed by atoms with Crippen molar-refractivity contribution in [2.75, 3.05) is 19.8 Å². The molecule has 0 bridgehead atoms. The van der Waals surface area contributed by atoms with E-state index in [4.69, 9.17) is 14.2 Å². The molecule has 0 saturated heterocycles. The molecule has 0 aromatic heterocycles. The van der Waals surface area contributed by atoms with E-state index in [0.717, 1.165) is 16.7 Å². The Bertz CT molecular complexity index is 1170. The topological polar surface area (TPSA) is 123 Å². The quantitative estimate of drug-likeness (QED) is 0.275. The van der Waals surface area contributed by atoms with E-state index in [-0.39, 0.29) is 19.6 Å². The molecule has 200 valence electrons. The van der Waals surface area contributed by atoms with Crippen molar-refractivity contribution in [2.45, 2.75) is 32.5 Å². The van der Waals surface area contributed by atoms with Crippen molar-refractivity contribution in [1.82, 2.24) is 10.6 Å². The van der Waals surface area contributed by atoms with Gasteiger partial charge in [0, 0.05) is 25.1 Å². The molecule has 3 aromatic rings. The van der Waals surface area contributed by atoms with E-state index in [2.05, 4.69) is 10.6 Å². The first kappa shape index (κ1) is 28.2. The van der Waals surface area contributed by atoms with Gasteiger partial charge in [0.25, 0.3) is 5.91 Å². The second-order valence-corrected chi connectivity index (χ2v) is 8.37. The Morgan fingerprint density at radius 2 is 1.53 bits per heavy atom. The molecule has 2 amide bonds. The van der Waals surface area contributed by atoms with Crippen LogP contribution in [0.15, 0.2) is 78.9 Å². The summed E-state index contributed by atoms with van der Waals surface area (Å²) in [4.78, 5) is 36.4. The maximum Gasteiger partial charge on any atom is 0.407 e. The first-order valence-electron chi connectivity index (χ1n) is 12.3. The van der Waals surface area contributed by atoms with Crippen molar-refractivity contribution >= 4 is 18.0 Å². The lowest BCUT2D eigenvalue weighted by Gasteiger charge is -2.15. The number of carbonyl (C=O) groups is 3. The van der Waals surface area contributed by atoms with E-state index in [1.165, 1.54) is 0 Å². The standard InChI is InChI=1S/C29H32N2O7/c1-2-36-16-17-37-25-14-10-21(11-15-25)18-26(28(33)34)31-27(32)24-12-8-22(9-13-24)19-30-29(35)38-20-23-6-4-3-5-7-23/h3-15,26H,2,16-20H2,1H3,(H,30,35)(H,31,32)(H,33,34)/t26-/m0/s1. The monoisotopic (exact) mass is 520 g/mol. The third kappa shape index (κ3) is 9.59. The predicted molar refractivity (Wildman–Crippen MR) is 141 cm³/mol. The molecular weight excluding hydrogens is 488 g/mol. The minimum Gasteiger partial charge on any atom is -0.491 e. The molecule has 0 unspecified atom stereocenters. The number of rotatable bonds is 14. The number of hydrogen-bond acceptors (Lipinski definition) is 6. The molecule has 0 fully saturated rings. The number of amides is 2. The average Bonchev–Trinajstić information content (AvgIpc) is 2.94. The molecule has 38 heavy (non-hydrogen) atoms. The van der Waals surface area contributed by atoms with Crippen LogP contribution in [0.4, 0.5) is 4.79 Å². The van der Waals surface area contributed by atoms with Gasteiger partial charge < -0.3 is 30.0 Å². The Morgan fingerprint density at radius 3 is 2.18 bits per heavy atom. The van der Waals surface area contributed by atoms with Gasteiger partial charge in [0.05, 0.1) is 6.61 Å². The molecule has 0 saturated carbocycles. The largest absolute Gasteiger partial charge is 0.491 e. The van der Waals surface area contributed by atoms with Gasteiger partial charge in [-0.3, -0.25) is 4.79 Å². The van der Waals surface area contributed by atoms with Crippen LogP contribution in [0.3, 0.4) is 0 Å². The lowest BCUT2D eigenvalue weighted by molar-refractivity contribution is -0.139. The molecule has 3 N–H and O–H groups in total. The molecule has 9 nitrogen and oxygen atoms in total. The molecule has 9 heteroatoms. The number of benzene rings is 3. The van der Waals surface area contributed by atoms with Crippen LogP contribution in [0.5, 0.6) is 5.75 Å². The predicted octanol–water partition coefficient (Wildman–Crippen LogP) is 3.95. The van der Waals surface area contributed by atoms with Crippen LogP contribution in [-0.2, 0) is 33.8 Å². The molecule has 0 spiro atoms. The van der Waals surface area contributed by atoms with Crippen molar-refractivity contribution in [1.29, 1.82) is 0 Å². The van der Waals surface area contributed by atoms with E-state index < -0.39 is 24.0 Å². The maximum atomic E-state index is 12.7. The van der Waals surface area contributed by atoms with Gasteiger partial charge in [0.2, 0.25) is 0 Å². The van der Waals surface area contributed by atoms with E-state index in [9.17, 15) is 19.5 Å². The second kappa shape index (κ2) is 15.0. The van der Waals surface area contributed by atoms with Crippen molar-refractivity contribution in [3.8, 4) is 5.75 Å². The SMILES string of the molecule is CCOCCOc1ccc(C[C@H](NC(=O)c2ccc(CNC(=O)OCc3ccccc3)cc2)C(=O)O)cc1. The first-order chi connectivity index (χ1) is 18.4. The smallest absolute Gasteiger partial charge is 0.407 e. The summed E-state index contributed by atoms with van der Waals surface area (Å²) in [5.74, 6) is -0.983. The van der Waals surface area contributed by atoms with Gasteiger partial charge in [0.15, 0.2) is 0 Å². The molecule has 0 aliphatic carbocycles. The van der Waals surface area contributed by atoms with E-state index >= 15 is 0 Å². The van der Waals surface area contributed by atoms with Gasteiger partial charge in [-0.15, -0.1) is 0 Å². The van der Waals surface area contributed by atoms with Gasteiger partial charge >= 0.3 is 12.1 Å². The van der Waals surface area contributed by atoms with Crippen LogP contribution in [0, 0.1) is 0 Å². The van der Waals surface area contributed by atoms with Gasteiger partial charge in [-0.05, 0) is 47.9 Å². The van der Waals surface area contributed by atoms with Crippen LogP contribution in [0.2, 0.25) is 0 Å². The lowest BCUT2D eigenvalue weighted by Crippen LogP contribution is -2.42. The summed E-state index contributed by atoms with van der Waals surface area (Å²) in [6, 6.07) is 21.8. The van der Waals surface area contributed by atoms with Crippen LogP contribution in [0.1, 0.15) is 34.0 Å². The van der Waals surface area contributed by atoms with Gasteiger partial charge in [-0.2, -0.15) is 0 Å². The third-order valence-electron chi connectivity index (χ3n) is 5.53. The van der Waals surface area contributed by atoms with Gasteiger partial charge in [0.1, 0.15) is 25.0 Å². The Hall–Kier alpha value is -4.37. The summed E-state index contributed by atoms with van der Waals surface area (Å²) in [6.07, 6.45) is -0.432. The molecule has 0 aliphatic heterocycles. The summed E-state index contributed by atoms with van der Waals surface area (Å²) < 4.78 is 16.0. The maximum absolute atomic E-state index is 12.7. The molecule has 3 aromatic carbocycles. The zero-order valence-corrected chi connectivity index (χ0v) is 21.2. The molecule has 0 aliphatic rings. The molecular formula is C29H32N2O7. The Labute approximate surface area is 221 Å². The Morgan fingerprint density at radius 1 is 0.842 bits per heavy atom. The fourth-order valence-electron chi connectivity index (χ4n) is 3.48. The number of hydrogen-bond donors (Lipinski definition) is 3. The lowest BCUT2D eigenvalue weighted by atomic mass is 10.0. The van der Waals surface area contributed by atoms with Crippen molar-refractivity contribution in [3.63, 3.8) is 0 Å². The fraction of sp³-hybridized carbons (Fsp3) is 0.276. The summed E-state index contributed by atoms with van der Waals surface area (Å²) in [6.45, 7) is 3.84. The van der Waals surface area contributed by atoms with Crippen LogP contribution in [0.25, 0.3) is 0 Å². The Kier molecular flexibility index (Phi) is 11.1. The molecule has 0 heterocycles. The number of carboxylic acids is 1. The van der Waals surface area contributed by atoms with Gasteiger partial charge in [-0.1, -0.05) is 54.6 Å². The summed E-state index contributed by atoms with van der Waals surface area (Å²) >= 11 is 0. The van der Waals surface area contributed by atoms with Crippen molar-refractivity contribution < 1.29 is 33.7 Å². The van der Waals surface area contributed by atoms with E-state index in [0.29, 0.717) is 31.1 Å². The summed E-state index contributed by atoms with van der Waals surface area (Å²) in [7, 11) is 0. The second-order valence-electron chi connectivity index (χ2n) is 8.37. The van der Waals surface area contributed by atoms with Crippen molar-refractivity contribution in [3.05, 3.63) is 101 Å². The van der Waals surface area contributed by atoms with Crippen molar-refractivity contribution in [2.24, 2.45) is 0 Å². The summed E-state index contributed by atoms with van der Waals surface area (Å²) in [5.41, 5.74) is 2.70. The highest BCUT2D eigenvalue weighted by Crippen LogP contribution is 2.14. The zero-order valence-electron chi connectivity index (χ0n) is 21.2. The van der Waals surface area contributed by atoms with Crippen LogP contribution in [-0.4, -0.2) is 48.9 Å². The highest BCUT2D eigenvalue weighted by Gasteiger charge is 2.21.